The Morgan fingerprint density at radius 3 is 2.95 bits per heavy atom. The predicted octanol–water partition coefficient (Wildman–Crippen LogP) is 0.466. The first-order valence-electron chi connectivity index (χ1n) is 7.18. The molecule has 0 bridgehead atoms. The topological polar surface area (TPSA) is 59.4 Å². The van der Waals surface area contributed by atoms with E-state index in [0.29, 0.717) is 12.6 Å². The number of rotatable bonds is 6. The molecule has 0 radical (unpaired) electrons. The number of hydrogen-bond acceptors (Lipinski definition) is 5. The molecule has 6 heteroatoms. The fraction of sp³-hybridized carbons (Fsp3) is 0.714. The third-order valence-corrected chi connectivity index (χ3v) is 3.57. The molecule has 2 heterocycles. The van der Waals surface area contributed by atoms with Crippen LogP contribution in [0.3, 0.4) is 0 Å². The van der Waals surface area contributed by atoms with Crippen molar-refractivity contribution in [2.24, 2.45) is 0 Å². The van der Waals surface area contributed by atoms with Gasteiger partial charge in [0.25, 0.3) is 5.56 Å². The molecule has 1 unspecified atom stereocenters. The van der Waals surface area contributed by atoms with Crippen molar-refractivity contribution < 1.29 is 4.74 Å². The molecule has 0 saturated carbocycles. The smallest absolute Gasteiger partial charge is 0.268 e. The van der Waals surface area contributed by atoms with E-state index in [1.807, 2.05) is 0 Å². The molecule has 1 aliphatic rings. The van der Waals surface area contributed by atoms with Crippen LogP contribution >= 0.6 is 0 Å². The summed E-state index contributed by atoms with van der Waals surface area (Å²) >= 11 is 0. The Labute approximate surface area is 119 Å². The SMILES string of the molecule is COC1CCN(c2cnn(CCNC(C)C)c(=O)c2)C1. The molecule has 112 valence electrons. The molecule has 1 N–H and O–H groups in total. The summed E-state index contributed by atoms with van der Waals surface area (Å²) in [5.41, 5.74) is 0.844. The van der Waals surface area contributed by atoms with Gasteiger partial charge in [-0.15, -0.1) is 0 Å². The minimum absolute atomic E-state index is 0.0473. The van der Waals surface area contributed by atoms with Crippen LogP contribution in [0.1, 0.15) is 20.3 Å². The van der Waals surface area contributed by atoms with Gasteiger partial charge in [-0.2, -0.15) is 5.10 Å². The Kier molecular flexibility index (Phi) is 5.14. The minimum Gasteiger partial charge on any atom is -0.380 e. The zero-order valence-corrected chi connectivity index (χ0v) is 12.5. The highest BCUT2D eigenvalue weighted by Gasteiger charge is 2.22. The lowest BCUT2D eigenvalue weighted by molar-refractivity contribution is 0.121. The summed E-state index contributed by atoms with van der Waals surface area (Å²) in [7, 11) is 1.73. The van der Waals surface area contributed by atoms with Gasteiger partial charge in [-0.3, -0.25) is 4.79 Å². The molecular formula is C14H24N4O2. The van der Waals surface area contributed by atoms with E-state index in [9.17, 15) is 4.79 Å². The molecule has 0 aromatic carbocycles. The van der Waals surface area contributed by atoms with E-state index in [1.54, 1.807) is 19.4 Å². The van der Waals surface area contributed by atoms with E-state index >= 15 is 0 Å². The molecule has 0 spiro atoms. The van der Waals surface area contributed by atoms with Crippen LogP contribution in [-0.4, -0.2) is 48.7 Å². The minimum atomic E-state index is -0.0473. The summed E-state index contributed by atoms with van der Waals surface area (Å²) in [5, 5.41) is 7.53. The normalized spacial score (nSPS) is 19.0. The molecule has 1 aromatic heterocycles. The average molecular weight is 280 g/mol. The highest BCUT2D eigenvalue weighted by molar-refractivity contribution is 5.44. The van der Waals surface area contributed by atoms with E-state index in [0.717, 1.165) is 31.7 Å². The first kappa shape index (κ1) is 15.0. The van der Waals surface area contributed by atoms with Gasteiger partial charge in [-0.25, -0.2) is 4.68 Å². The maximum atomic E-state index is 12.0. The predicted molar refractivity (Wildman–Crippen MR) is 79.3 cm³/mol. The molecule has 1 atom stereocenters. The van der Waals surface area contributed by atoms with Crippen molar-refractivity contribution in [2.45, 2.75) is 39.0 Å². The van der Waals surface area contributed by atoms with E-state index < -0.39 is 0 Å². The number of methoxy groups -OCH3 is 1. The Morgan fingerprint density at radius 1 is 1.55 bits per heavy atom. The van der Waals surface area contributed by atoms with Crippen LogP contribution in [0.2, 0.25) is 0 Å². The molecule has 6 nitrogen and oxygen atoms in total. The number of hydrogen-bond donors (Lipinski definition) is 1. The molecule has 2 rings (SSSR count). The first-order chi connectivity index (χ1) is 9.60. The summed E-state index contributed by atoms with van der Waals surface area (Å²) in [6.45, 7) is 7.25. The second kappa shape index (κ2) is 6.85. The van der Waals surface area contributed by atoms with Crippen LogP contribution in [0.15, 0.2) is 17.1 Å². The number of ether oxygens (including phenoxy) is 1. The van der Waals surface area contributed by atoms with E-state index in [1.165, 1.54) is 4.68 Å². The van der Waals surface area contributed by atoms with E-state index in [2.05, 4.69) is 29.2 Å². The Morgan fingerprint density at radius 2 is 2.35 bits per heavy atom. The second-order valence-electron chi connectivity index (χ2n) is 5.48. The van der Waals surface area contributed by atoms with Gasteiger partial charge in [-0.1, -0.05) is 13.8 Å². The van der Waals surface area contributed by atoms with Crippen molar-refractivity contribution in [2.75, 3.05) is 31.6 Å². The third kappa shape index (κ3) is 3.80. The quantitative estimate of drug-likeness (QED) is 0.820. The highest BCUT2D eigenvalue weighted by atomic mass is 16.5. The standard InChI is InChI=1S/C14H24N4O2/c1-11(2)15-5-7-18-14(19)8-12(9-16-18)17-6-4-13(10-17)20-3/h8-9,11,13,15H,4-7,10H2,1-3H3. The summed E-state index contributed by atoms with van der Waals surface area (Å²) in [6, 6.07) is 2.08. The number of nitrogens with zero attached hydrogens (tertiary/aromatic N) is 3. The fourth-order valence-electron chi connectivity index (χ4n) is 2.38. The van der Waals surface area contributed by atoms with Crippen molar-refractivity contribution >= 4 is 5.69 Å². The van der Waals surface area contributed by atoms with Crippen molar-refractivity contribution in [1.29, 1.82) is 0 Å². The van der Waals surface area contributed by atoms with Crippen LogP contribution in [-0.2, 0) is 11.3 Å². The molecular weight excluding hydrogens is 256 g/mol. The average Bonchev–Trinajstić information content (AvgIpc) is 2.89. The first-order valence-corrected chi connectivity index (χ1v) is 7.18. The van der Waals surface area contributed by atoms with Crippen LogP contribution in [0.25, 0.3) is 0 Å². The van der Waals surface area contributed by atoms with Crippen LogP contribution in [0.4, 0.5) is 5.69 Å². The summed E-state index contributed by atoms with van der Waals surface area (Å²) in [4.78, 5) is 14.2. The van der Waals surface area contributed by atoms with Crippen molar-refractivity contribution in [3.8, 4) is 0 Å². The maximum Gasteiger partial charge on any atom is 0.268 e. The summed E-state index contributed by atoms with van der Waals surface area (Å²) in [6.07, 6.45) is 3.03. The van der Waals surface area contributed by atoms with Crippen LogP contribution in [0.5, 0.6) is 0 Å². The third-order valence-electron chi connectivity index (χ3n) is 3.57. The van der Waals surface area contributed by atoms with Gasteiger partial charge in [0.1, 0.15) is 0 Å². The molecule has 1 aliphatic heterocycles. The molecule has 1 aromatic rings. The lowest BCUT2D eigenvalue weighted by Gasteiger charge is -2.18. The van der Waals surface area contributed by atoms with Crippen molar-refractivity contribution in [1.82, 2.24) is 15.1 Å². The van der Waals surface area contributed by atoms with Gasteiger partial charge >= 0.3 is 0 Å². The lowest BCUT2D eigenvalue weighted by atomic mass is 10.3. The molecule has 0 amide bonds. The fourth-order valence-corrected chi connectivity index (χ4v) is 2.38. The van der Waals surface area contributed by atoms with Gasteiger partial charge in [0.15, 0.2) is 0 Å². The molecule has 20 heavy (non-hydrogen) atoms. The molecule has 1 saturated heterocycles. The largest absolute Gasteiger partial charge is 0.380 e. The monoisotopic (exact) mass is 280 g/mol. The molecule has 0 aliphatic carbocycles. The number of nitrogens with one attached hydrogen (secondary N) is 1. The maximum absolute atomic E-state index is 12.0. The Hall–Kier alpha value is -1.40. The van der Waals surface area contributed by atoms with Gasteiger partial charge < -0.3 is 15.0 Å². The zero-order chi connectivity index (χ0) is 14.5. The van der Waals surface area contributed by atoms with E-state index in [4.69, 9.17) is 4.74 Å². The highest BCUT2D eigenvalue weighted by Crippen LogP contribution is 2.18. The Bertz CT molecular complexity index is 486. The van der Waals surface area contributed by atoms with Gasteiger partial charge in [0, 0.05) is 38.9 Å². The number of aromatic nitrogens is 2. The Balaban J connectivity index is 1.97. The van der Waals surface area contributed by atoms with Crippen molar-refractivity contribution in [3.63, 3.8) is 0 Å². The van der Waals surface area contributed by atoms with Crippen molar-refractivity contribution in [3.05, 3.63) is 22.6 Å². The van der Waals surface area contributed by atoms with Crippen LogP contribution in [0, 0.1) is 0 Å². The zero-order valence-electron chi connectivity index (χ0n) is 12.5. The van der Waals surface area contributed by atoms with Gasteiger partial charge in [0.2, 0.25) is 0 Å². The molecule has 1 fully saturated rings. The van der Waals surface area contributed by atoms with Gasteiger partial charge in [-0.05, 0) is 6.42 Å². The number of anilines is 1. The van der Waals surface area contributed by atoms with E-state index in [-0.39, 0.29) is 11.7 Å². The van der Waals surface area contributed by atoms with Gasteiger partial charge in [0.05, 0.1) is 24.5 Å². The van der Waals surface area contributed by atoms with Crippen LogP contribution < -0.4 is 15.8 Å². The second-order valence-corrected chi connectivity index (χ2v) is 5.48. The lowest BCUT2D eigenvalue weighted by Crippen LogP contribution is -2.32. The summed E-state index contributed by atoms with van der Waals surface area (Å²) in [5.74, 6) is 0. The summed E-state index contributed by atoms with van der Waals surface area (Å²) < 4.78 is 6.84.